The Kier molecular flexibility index (Phi) is 6.35. The molecule has 2 amide bonds. The van der Waals surface area contributed by atoms with Crippen LogP contribution in [0, 0.1) is 6.92 Å². The van der Waals surface area contributed by atoms with Gasteiger partial charge in [-0.3, -0.25) is 9.59 Å². The SMILES string of the molecule is Cc1nnnn1C(Cc1ccccc1)C(=O)NCc1cccc(NC(=O)c2ccco2)c1. The minimum Gasteiger partial charge on any atom is -0.459 e. The first-order chi connectivity index (χ1) is 15.6. The molecule has 2 aromatic heterocycles. The fraction of sp³-hybridized carbons (Fsp3) is 0.174. The number of nitrogens with one attached hydrogen (secondary N) is 2. The Morgan fingerprint density at radius 3 is 2.56 bits per heavy atom. The first-order valence-corrected chi connectivity index (χ1v) is 10.1. The first kappa shape index (κ1) is 21.0. The molecule has 0 bridgehead atoms. The van der Waals surface area contributed by atoms with Crippen molar-refractivity contribution >= 4 is 17.5 Å². The molecule has 0 aliphatic carbocycles. The van der Waals surface area contributed by atoms with Gasteiger partial charge in [0, 0.05) is 18.7 Å². The van der Waals surface area contributed by atoms with Crippen molar-refractivity contribution in [2.24, 2.45) is 0 Å². The molecule has 2 heterocycles. The maximum atomic E-state index is 13.1. The van der Waals surface area contributed by atoms with Crippen LogP contribution in [0.4, 0.5) is 5.69 Å². The fourth-order valence-electron chi connectivity index (χ4n) is 3.32. The van der Waals surface area contributed by atoms with Gasteiger partial charge in [-0.1, -0.05) is 42.5 Å². The van der Waals surface area contributed by atoms with Crippen molar-refractivity contribution < 1.29 is 14.0 Å². The molecule has 1 unspecified atom stereocenters. The molecule has 0 saturated carbocycles. The first-order valence-electron chi connectivity index (χ1n) is 10.1. The zero-order valence-electron chi connectivity index (χ0n) is 17.4. The molecule has 1 atom stereocenters. The third kappa shape index (κ3) is 5.07. The van der Waals surface area contributed by atoms with E-state index in [0.717, 1.165) is 11.1 Å². The predicted octanol–water partition coefficient (Wildman–Crippen LogP) is 2.93. The fourth-order valence-corrected chi connectivity index (χ4v) is 3.32. The number of amides is 2. The van der Waals surface area contributed by atoms with E-state index in [-0.39, 0.29) is 24.1 Å². The van der Waals surface area contributed by atoms with Crippen LogP contribution >= 0.6 is 0 Å². The van der Waals surface area contributed by atoms with E-state index in [9.17, 15) is 9.59 Å². The minimum atomic E-state index is -0.589. The molecule has 32 heavy (non-hydrogen) atoms. The number of benzene rings is 2. The highest BCUT2D eigenvalue weighted by molar-refractivity contribution is 6.02. The van der Waals surface area contributed by atoms with Gasteiger partial charge < -0.3 is 15.1 Å². The summed E-state index contributed by atoms with van der Waals surface area (Å²) in [5, 5.41) is 17.3. The highest BCUT2D eigenvalue weighted by atomic mass is 16.3. The quantitative estimate of drug-likeness (QED) is 0.444. The van der Waals surface area contributed by atoms with E-state index in [4.69, 9.17) is 4.42 Å². The number of anilines is 1. The van der Waals surface area contributed by atoms with Gasteiger partial charge in [0.05, 0.1) is 6.26 Å². The number of aromatic nitrogens is 4. The number of nitrogens with zero attached hydrogens (tertiary/aromatic N) is 4. The third-order valence-electron chi connectivity index (χ3n) is 4.92. The lowest BCUT2D eigenvalue weighted by atomic mass is 10.1. The van der Waals surface area contributed by atoms with Crippen molar-refractivity contribution in [1.82, 2.24) is 25.5 Å². The Bertz CT molecular complexity index is 1190. The molecule has 0 aliphatic heterocycles. The highest BCUT2D eigenvalue weighted by Gasteiger charge is 2.24. The summed E-state index contributed by atoms with van der Waals surface area (Å²) in [5.74, 6) is 0.246. The van der Waals surface area contributed by atoms with Gasteiger partial charge in [0.25, 0.3) is 5.91 Å². The number of hydrogen-bond donors (Lipinski definition) is 2. The van der Waals surface area contributed by atoms with E-state index in [1.165, 1.54) is 10.9 Å². The molecular formula is C23H22N6O3. The Morgan fingerprint density at radius 2 is 1.84 bits per heavy atom. The Morgan fingerprint density at radius 1 is 1.03 bits per heavy atom. The number of carbonyl (C=O) groups is 2. The van der Waals surface area contributed by atoms with Crippen LogP contribution in [0.25, 0.3) is 0 Å². The number of furan rings is 1. The molecule has 162 valence electrons. The molecule has 0 aliphatic rings. The predicted molar refractivity (Wildman–Crippen MR) is 117 cm³/mol. The van der Waals surface area contributed by atoms with Crippen molar-refractivity contribution in [1.29, 1.82) is 0 Å². The lowest BCUT2D eigenvalue weighted by Gasteiger charge is -2.18. The summed E-state index contributed by atoms with van der Waals surface area (Å²) in [6, 6.07) is 19.6. The maximum absolute atomic E-state index is 13.1. The van der Waals surface area contributed by atoms with Crippen molar-refractivity contribution in [2.75, 3.05) is 5.32 Å². The monoisotopic (exact) mass is 430 g/mol. The molecule has 0 radical (unpaired) electrons. The summed E-state index contributed by atoms with van der Waals surface area (Å²) < 4.78 is 6.64. The number of aryl methyl sites for hydroxylation is 1. The van der Waals surface area contributed by atoms with Crippen molar-refractivity contribution in [2.45, 2.75) is 25.9 Å². The van der Waals surface area contributed by atoms with Gasteiger partial charge in [-0.25, -0.2) is 4.68 Å². The van der Waals surface area contributed by atoms with E-state index >= 15 is 0 Å². The Hall–Kier alpha value is -4.27. The zero-order chi connectivity index (χ0) is 22.3. The largest absolute Gasteiger partial charge is 0.459 e. The van der Waals surface area contributed by atoms with E-state index in [0.29, 0.717) is 17.9 Å². The standard InChI is InChI=1S/C23H22N6O3/c1-16-26-27-28-29(16)20(14-17-7-3-2-4-8-17)22(30)24-15-18-9-5-10-19(13-18)25-23(31)21-11-6-12-32-21/h2-13,20H,14-15H2,1H3,(H,24,30)(H,25,31). The molecule has 0 saturated heterocycles. The molecule has 2 N–H and O–H groups in total. The van der Waals surface area contributed by atoms with Gasteiger partial charge in [-0.15, -0.1) is 5.10 Å². The van der Waals surface area contributed by atoms with E-state index < -0.39 is 6.04 Å². The smallest absolute Gasteiger partial charge is 0.291 e. The highest BCUT2D eigenvalue weighted by Crippen LogP contribution is 2.16. The second-order valence-corrected chi connectivity index (χ2v) is 7.23. The van der Waals surface area contributed by atoms with Gasteiger partial charge in [0.1, 0.15) is 11.9 Å². The second-order valence-electron chi connectivity index (χ2n) is 7.23. The molecule has 0 fully saturated rings. The third-order valence-corrected chi connectivity index (χ3v) is 4.92. The molecule has 4 rings (SSSR count). The summed E-state index contributed by atoms with van der Waals surface area (Å²) in [7, 11) is 0. The van der Waals surface area contributed by atoms with Crippen LogP contribution in [-0.2, 0) is 17.8 Å². The van der Waals surface area contributed by atoms with Gasteiger partial charge in [0.15, 0.2) is 5.76 Å². The van der Waals surface area contributed by atoms with Gasteiger partial charge in [-0.05, 0) is 52.7 Å². The average molecular weight is 430 g/mol. The van der Waals surface area contributed by atoms with Crippen molar-refractivity contribution in [3.05, 3.63) is 95.7 Å². The topological polar surface area (TPSA) is 115 Å². The van der Waals surface area contributed by atoms with Gasteiger partial charge in [0.2, 0.25) is 5.91 Å². The molecular weight excluding hydrogens is 408 g/mol. The lowest BCUT2D eigenvalue weighted by molar-refractivity contribution is -0.124. The number of hydrogen-bond acceptors (Lipinski definition) is 6. The van der Waals surface area contributed by atoms with Gasteiger partial charge in [-0.2, -0.15) is 0 Å². The van der Waals surface area contributed by atoms with Crippen LogP contribution in [0.15, 0.2) is 77.4 Å². The molecule has 9 heteroatoms. The summed E-state index contributed by atoms with van der Waals surface area (Å²) in [6.07, 6.45) is 1.90. The van der Waals surface area contributed by atoms with Crippen LogP contribution in [-0.4, -0.2) is 32.0 Å². The molecule has 0 spiro atoms. The molecule has 9 nitrogen and oxygen atoms in total. The summed E-state index contributed by atoms with van der Waals surface area (Å²) in [6.45, 7) is 2.05. The minimum absolute atomic E-state index is 0.200. The normalized spacial score (nSPS) is 11.7. The van der Waals surface area contributed by atoms with E-state index in [1.807, 2.05) is 42.5 Å². The van der Waals surface area contributed by atoms with Crippen LogP contribution in [0.3, 0.4) is 0 Å². The lowest BCUT2D eigenvalue weighted by Crippen LogP contribution is -2.34. The van der Waals surface area contributed by atoms with Crippen LogP contribution < -0.4 is 10.6 Å². The summed E-state index contributed by atoms with van der Waals surface area (Å²) >= 11 is 0. The zero-order valence-corrected chi connectivity index (χ0v) is 17.4. The summed E-state index contributed by atoms with van der Waals surface area (Å²) in [4.78, 5) is 25.3. The second kappa shape index (κ2) is 9.69. The van der Waals surface area contributed by atoms with Crippen molar-refractivity contribution in [3.63, 3.8) is 0 Å². The van der Waals surface area contributed by atoms with Crippen LogP contribution in [0.1, 0.15) is 33.5 Å². The summed E-state index contributed by atoms with van der Waals surface area (Å²) in [5.41, 5.74) is 2.45. The van der Waals surface area contributed by atoms with Crippen LogP contribution in [0.5, 0.6) is 0 Å². The van der Waals surface area contributed by atoms with E-state index in [2.05, 4.69) is 26.2 Å². The number of tetrazole rings is 1. The number of carbonyl (C=O) groups excluding carboxylic acids is 2. The maximum Gasteiger partial charge on any atom is 0.291 e. The molecule has 2 aromatic carbocycles. The average Bonchev–Trinajstić information content (AvgIpc) is 3.49. The van der Waals surface area contributed by atoms with Crippen molar-refractivity contribution in [3.8, 4) is 0 Å². The Labute approximate surface area is 184 Å². The number of rotatable bonds is 8. The van der Waals surface area contributed by atoms with E-state index in [1.54, 1.807) is 31.2 Å². The van der Waals surface area contributed by atoms with Gasteiger partial charge >= 0.3 is 0 Å². The molecule has 4 aromatic rings. The Balaban J connectivity index is 1.44. The van der Waals surface area contributed by atoms with Crippen LogP contribution in [0.2, 0.25) is 0 Å².